The van der Waals surface area contributed by atoms with Crippen LogP contribution in [0.3, 0.4) is 0 Å². The molecule has 0 aliphatic carbocycles. The van der Waals surface area contributed by atoms with Crippen LogP contribution in [0.15, 0.2) is 24.3 Å². The Bertz CT molecular complexity index is 507. The number of rotatable bonds is 5. The van der Waals surface area contributed by atoms with Gasteiger partial charge in [-0.05, 0) is 70.8 Å². The summed E-state index contributed by atoms with van der Waals surface area (Å²) >= 11 is 0. The molecule has 2 atom stereocenters. The molecular weight excluding hydrogens is 345 g/mol. The summed E-state index contributed by atoms with van der Waals surface area (Å²) < 4.78 is 0. The molecule has 1 amide bonds. The monoisotopic (exact) mass is 375 g/mol. The van der Waals surface area contributed by atoms with E-state index in [1.807, 2.05) is 17.0 Å². The normalized spacial score (nSPS) is 19.7. The minimum absolute atomic E-state index is 0. The minimum atomic E-state index is 0. The van der Waals surface area contributed by atoms with Gasteiger partial charge in [-0.15, -0.1) is 24.8 Å². The van der Waals surface area contributed by atoms with Crippen molar-refractivity contribution in [3.05, 3.63) is 29.8 Å². The van der Waals surface area contributed by atoms with Gasteiger partial charge in [0.05, 0.1) is 0 Å². The zero-order valence-corrected chi connectivity index (χ0v) is 16.7. The summed E-state index contributed by atoms with van der Waals surface area (Å²) in [6, 6.07) is 8.74. The number of benzene rings is 1. The topological polar surface area (TPSA) is 49.6 Å². The Hall–Kier alpha value is -0.970. The molecule has 0 saturated carbocycles. The lowest BCUT2D eigenvalue weighted by Crippen LogP contribution is -2.34. The third kappa shape index (κ3) is 5.01. The van der Waals surface area contributed by atoms with E-state index in [1.165, 1.54) is 5.69 Å². The van der Waals surface area contributed by atoms with Crippen molar-refractivity contribution in [3.8, 4) is 0 Å². The van der Waals surface area contributed by atoms with Gasteiger partial charge in [0.1, 0.15) is 0 Å². The molecule has 2 N–H and O–H groups in total. The van der Waals surface area contributed by atoms with Crippen LogP contribution in [-0.4, -0.2) is 42.5 Å². The van der Waals surface area contributed by atoms with Crippen LogP contribution in [0.2, 0.25) is 0 Å². The van der Waals surface area contributed by atoms with Gasteiger partial charge in [0.15, 0.2) is 0 Å². The number of halogens is 2. The van der Waals surface area contributed by atoms with E-state index in [1.54, 1.807) is 0 Å². The first kappa shape index (κ1) is 23.0. The van der Waals surface area contributed by atoms with Gasteiger partial charge in [0, 0.05) is 36.4 Å². The number of amides is 1. The Labute approximate surface area is 158 Å². The Morgan fingerprint density at radius 2 is 1.88 bits per heavy atom. The highest BCUT2D eigenvalue weighted by molar-refractivity contribution is 5.95. The average molecular weight is 376 g/mol. The van der Waals surface area contributed by atoms with Crippen LogP contribution in [0.25, 0.3) is 0 Å². The summed E-state index contributed by atoms with van der Waals surface area (Å²) in [7, 11) is 0. The summed E-state index contributed by atoms with van der Waals surface area (Å²) in [6.45, 7) is 11.0. The molecule has 1 fully saturated rings. The maximum Gasteiger partial charge on any atom is 0.254 e. The van der Waals surface area contributed by atoms with Crippen molar-refractivity contribution in [1.29, 1.82) is 0 Å². The van der Waals surface area contributed by atoms with Crippen molar-refractivity contribution in [1.82, 2.24) is 4.90 Å². The number of carbonyl (C=O) groups excluding carboxylic acids is 1. The molecule has 4 nitrogen and oxygen atoms in total. The zero-order valence-electron chi connectivity index (χ0n) is 15.1. The van der Waals surface area contributed by atoms with E-state index < -0.39 is 0 Å². The van der Waals surface area contributed by atoms with Gasteiger partial charge < -0.3 is 15.5 Å². The molecule has 2 rings (SSSR count). The number of nitrogens with zero attached hydrogens (tertiary/aromatic N) is 2. The van der Waals surface area contributed by atoms with Crippen LogP contribution in [0, 0.1) is 5.92 Å². The van der Waals surface area contributed by atoms with Gasteiger partial charge in [-0.3, -0.25) is 4.79 Å². The maximum atomic E-state index is 12.7. The van der Waals surface area contributed by atoms with Gasteiger partial charge in [-0.2, -0.15) is 0 Å². The second kappa shape index (κ2) is 10.1. The summed E-state index contributed by atoms with van der Waals surface area (Å²) in [5.74, 6) is 0.567. The lowest BCUT2D eigenvalue weighted by atomic mass is 10.1. The number of hydrogen-bond acceptors (Lipinski definition) is 3. The van der Waals surface area contributed by atoms with Crippen molar-refractivity contribution in [2.45, 2.75) is 46.2 Å². The quantitative estimate of drug-likeness (QED) is 0.855. The van der Waals surface area contributed by atoms with E-state index in [9.17, 15) is 4.79 Å². The fraction of sp³-hybridized carbons (Fsp3) is 0.611. The Morgan fingerprint density at radius 3 is 2.29 bits per heavy atom. The molecule has 24 heavy (non-hydrogen) atoms. The SMILES string of the molecule is CCN(c1ccc(C(=O)N2CC(CN)CC2C)cc1)C(C)C.Cl.Cl. The van der Waals surface area contributed by atoms with E-state index in [-0.39, 0.29) is 36.8 Å². The van der Waals surface area contributed by atoms with Crippen molar-refractivity contribution in [2.24, 2.45) is 11.7 Å². The van der Waals surface area contributed by atoms with Gasteiger partial charge in [0.2, 0.25) is 0 Å². The smallest absolute Gasteiger partial charge is 0.254 e. The van der Waals surface area contributed by atoms with E-state index >= 15 is 0 Å². The largest absolute Gasteiger partial charge is 0.369 e. The average Bonchev–Trinajstić information content (AvgIpc) is 2.89. The van der Waals surface area contributed by atoms with Crippen LogP contribution in [0.1, 0.15) is 44.5 Å². The minimum Gasteiger partial charge on any atom is -0.369 e. The molecule has 138 valence electrons. The Balaban J connectivity index is 0.00000264. The predicted molar refractivity (Wildman–Crippen MR) is 107 cm³/mol. The molecule has 0 spiro atoms. The molecule has 1 aromatic rings. The van der Waals surface area contributed by atoms with Crippen LogP contribution in [0.4, 0.5) is 5.69 Å². The lowest BCUT2D eigenvalue weighted by molar-refractivity contribution is 0.0743. The highest BCUT2D eigenvalue weighted by Crippen LogP contribution is 2.25. The fourth-order valence-electron chi connectivity index (χ4n) is 3.40. The zero-order chi connectivity index (χ0) is 16.3. The summed E-state index contributed by atoms with van der Waals surface area (Å²) in [5.41, 5.74) is 7.69. The van der Waals surface area contributed by atoms with E-state index in [4.69, 9.17) is 5.73 Å². The third-order valence-corrected chi connectivity index (χ3v) is 4.67. The highest BCUT2D eigenvalue weighted by Gasteiger charge is 2.32. The molecule has 2 unspecified atom stereocenters. The van der Waals surface area contributed by atoms with Gasteiger partial charge in [-0.25, -0.2) is 0 Å². The standard InChI is InChI=1S/C18H29N3O.2ClH/c1-5-20(13(2)3)17-8-6-16(7-9-17)18(22)21-12-15(11-19)10-14(21)4;;/h6-9,13-15H,5,10-12,19H2,1-4H3;2*1H. The molecule has 0 bridgehead atoms. The third-order valence-electron chi connectivity index (χ3n) is 4.67. The first-order chi connectivity index (χ1) is 10.5. The van der Waals surface area contributed by atoms with E-state index in [0.717, 1.165) is 25.1 Å². The molecular formula is C18H31Cl2N3O. The van der Waals surface area contributed by atoms with Crippen LogP contribution < -0.4 is 10.6 Å². The summed E-state index contributed by atoms with van der Waals surface area (Å²) in [5, 5.41) is 0. The van der Waals surface area contributed by atoms with E-state index in [0.29, 0.717) is 18.5 Å². The number of nitrogens with two attached hydrogens (primary N) is 1. The number of likely N-dealkylation sites (tertiary alicyclic amines) is 1. The Kier molecular flexibility index (Phi) is 9.71. The molecule has 1 aromatic carbocycles. The summed E-state index contributed by atoms with van der Waals surface area (Å²) in [4.78, 5) is 17.0. The number of hydrogen-bond donors (Lipinski definition) is 1. The lowest BCUT2D eigenvalue weighted by Gasteiger charge is -2.28. The molecule has 6 heteroatoms. The fourth-order valence-corrected chi connectivity index (χ4v) is 3.40. The molecule has 1 heterocycles. The van der Waals surface area contributed by atoms with Crippen molar-refractivity contribution < 1.29 is 4.79 Å². The van der Waals surface area contributed by atoms with Crippen LogP contribution >= 0.6 is 24.8 Å². The molecule has 1 saturated heterocycles. The first-order valence-corrected chi connectivity index (χ1v) is 8.35. The first-order valence-electron chi connectivity index (χ1n) is 8.35. The highest BCUT2D eigenvalue weighted by atomic mass is 35.5. The van der Waals surface area contributed by atoms with Crippen molar-refractivity contribution >= 4 is 36.4 Å². The number of carbonyl (C=O) groups is 1. The van der Waals surface area contributed by atoms with Crippen LogP contribution in [0.5, 0.6) is 0 Å². The van der Waals surface area contributed by atoms with Crippen molar-refractivity contribution in [2.75, 3.05) is 24.5 Å². The van der Waals surface area contributed by atoms with Gasteiger partial charge >= 0.3 is 0 Å². The summed E-state index contributed by atoms with van der Waals surface area (Å²) in [6.07, 6.45) is 1.01. The second-order valence-electron chi connectivity index (χ2n) is 6.57. The van der Waals surface area contributed by atoms with Crippen molar-refractivity contribution in [3.63, 3.8) is 0 Å². The molecule has 0 radical (unpaired) electrons. The van der Waals surface area contributed by atoms with Crippen LogP contribution in [-0.2, 0) is 0 Å². The predicted octanol–water partition coefficient (Wildman–Crippen LogP) is 3.57. The molecule has 0 aromatic heterocycles. The molecule has 1 aliphatic rings. The number of anilines is 1. The molecule has 1 aliphatic heterocycles. The second-order valence-corrected chi connectivity index (χ2v) is 6.57. The van der Waals surface area contributed by atoms with E-state index in [2.05, 4.69) is 44.7 Å². The Morgan fingerprint density at radius 1 is 1.29 bits per heavy atom. The van der Waals surface area contributed by atoms with Gasteiger partial charge in [-0.1, -0.05) is 0 Å². The van der Waals surface area contributed by atoms with Gasteiger partial charge in [0.25, 0.3) is 5.91 Å². The maximum absolute atomic E-state index is 12.7.